The molecule has 4 heterocycles. The smallest absolute Gasteiger partial charge is 0.123 e. The van der Waals surface area contributed by atoms with Gasteiger partial charge in [0.15, 0.2) is 0 Å². The predicted molar refractivity (Wildman–Crippen MR) is 598 cm³/mol. The summed E-state index contributed by atoms with van der Waals surface area (Å²) in [7, 11) is -2.29. The van der Waals surface area contributed by atoms with Crippen LogP contribution >= 0.6 is 0 Å². The number of rotatable bonds is 20. The molecular formula is C135H126N4Si. The molecule has 0 amide bonds. The first-order chi connectivity index (χ1) is 68.6. The number of unbranched alkanes of at least 4 members (excludes halogenated alkanes) is 2. The number of anilines is 8. The Morgan fingerprint density at radius 2 is 0.986 bits per heavy atom. The van der Waals surface area contributed by atoms with Crippen molar-refractivity contribution in [2.45, 2.75) is 192 Å². The minimum atomic E-state index is -2.29. The molecule has 1 saturated heterocycles. The van der Waals surface area contributed by atoms with E-state index in [1.54, 1.807) is 16.3 Å². The van der Waals surface area contributed by atoms with Gasteiger partial charge in [0, 0.05) is 86.2 Å². The van der Waals surface area contributed by atoms with E-state index in [-0.39, 0.29) is 16.2 Å². The Labute approximate surface area is 831 Å². The molecule has 4 spiro atoms. The van der Waals surface area contributed by atoms with E-state index in [2.05, 4.69) is 421 Å². The summed E-state index contributed by atoms with van der Waals surface area (Å²) in [5.74, 6) is 0.846. The highest BCUT2D eigenvalue weighted by Gasteiger charge is 2.54. The van der Waals surface area contributed by atoms with Crippen molar-refractivity contribution in [3.05, 3.63) is 468 Å². The SMILES string of the molecule is C=CC1=C(C=CC)N(c2ccc3c(c2)C2(CC4=C(C2)C(C)CC=C4)c2cc(C=Cc4ccc5c(c4)C4(Cc6ccc(-c7ccc8c(c7)N(c7ccc9cc(C=Cc%10ccc%11c(c%10)C%10(Cc%12ccccc%12C%10)c%10cc(N%12CCCc%13ccccc%13%12)ccc%10-%11)ccc9c7)C(C=CC)=C(C(=C)C)[Si]87CCCC7)cc6C4)c4cc(N(c6ccccc6CCCCC)c6ccccc6C(C)C)ccc4-5)ccc2-3)CCC1. The van der Waals surface area contributed by atoms with Crippen LogP contribution < -0.4 is 24.8 Å². The van der Waals surface area contributed by atoms with Crippen LogP contribution in [0, 0.1) is 5.92 Å². The monoisotopic (exact) mass is 1830 g/mol. The summed E-state index contributed by atoms with van der Waals surface area (Å²) in [5.41, 5.74) is 52.3. The zero-order valence-corrected chi connectivity index (χ0v) is 83.6. The number of aryl methyl sites for hydroxylation is 2. The van der Waals surface area contributed by atoms with E-state index in [0.717, 1.165) is 96.6 Å². The molecule has 4 aliphatic heterocycles. The van der Waals surface area contributed by atoms with Gasteiger partial charge in [0.25, 0.3) is 0 Å². The van der Waals surface area contributed by atoms with Crippen LogP contribution in [-0.2, 0) is 54.8 Å². The van der Waals surface area contributed by atoms with Crippen LogP contribution in [0.5, 0.6) is 0 Å². The van der Waals surface area contributed by atoms with E-state index in [0.29, 0.717) is 11.8 Å². The molecule has 11 aliphatic rings. The molecule has 5 heteroatoms. The maximum atomic E-state index is 4.91. The van der Waals surface area contributed by atoms with Gasteiger partial charge in [-0.15, -0.1) is 0 Å². The van der Waals surface area contributed by atoms with Crippen molar-refractivity contribution in [1.29, 1.82) is 0 Å². The number of hydrogen-bond donors (Lipinski definition) is 0. The zero-order valence-electron chi connectivity index (χ0n) is 82.6. The van der Waals surface area contributed by atoms with Gasteiger partial charge < -0.3 is 19.6 Å². The third-order valence-electron chi connectivity index (χ3n) is 34.6. The van der Waals surface area contributed by atoms with Crippen molar-refractivity contribution in [2.24, 2.45) is 5.92 Å². The van der Waals surface area contributed by atoms with Gasteiger partial charge in [-0.3, -0.25) is 0 Å². The first-order valence-electron chi connectivity index (χ1n) is 52.5. The van der Waals surface area contributed by atoms with Gasteiger partial charge in [-0.2, -0.15) is 0 Å². The third kappa shape index (κ3) is 14.2. The van der Waals surface area contributed by atoms with Crippen LogP contribution in [0.25, 0.3) is 79.6 Å². The molecule has 14 aromatic rings. The summed E-state index contributed by atoms with van der Waals surface area (Å²) in [5, 5.41) is 5.52. The Morgan fingerprint density at radius 3 is 1.64 bits per heavy atom. The van der Waals surface area contributed by atoms with Crippen LogP contribution in [0.3, 0.4) is 0 Å². The topological polar surface area (TPSA) is 13.0 Å². The highest BCUT2D eigenvalue weighted by atomic mass is 28.3. The molecule has 140 heavy (non-hydrogen) atoms. The Hall–Kier alpha value is -13.8. The molecule has 1 fully saturated rings. The molecule has 4 nitrogen and oxygen atoms in total. The predicted octanol–water partition coefficient (Wildman–Crippen LogP) is 34.5. The molecule has 0 aromatic heterocycles. The summed E-state index contributed by atoms with van der Waals surface area (Å²) >= 11 is 0. The number of fused-ring (bicyclic) bond motifs is 21. The standard InChI is InChI=1S/C135H126N4Si/c1-10-14-15-32-97-34-19-22-42-127(97)138(128-43-23-20-40-111(128)88(5)6)110-60-66-117-113-62-50-93(46-47-94-51-63-114-116-65-58-107(136-68-27-38-95(13-4)125(136)29-11-2)80-123(116)135(121(114)75-94)85-105-37-26-31-90(9)118(105)87-135)74-120(113)134(124(117)81-110)84-104-54-53-99(76-106(104)86-134)101-56-67-131-130(78-101)139(129(30-12-3)132(89(7)8)140(131)70-24-25-71-140)109-57-55-98-72-91(48-52-100(98)77-109)44-45-92-49-61-112-115-64-59-108(137-69-28-39-96-33-18-21-41-126(96)137)79-122(115)133(119(112)73-92)82-102-35-16-17-36-103(102)83-133/h11-13,16-23,26,29-30,33-37,40-67,72-81,88,90H,4,7,10,14-15,24-25,27-28,31-32,38-39,68-71,82-87H2,1-3,5-6,8-9H3. The van der Waals surface area contributed by atoms with E-state index >= 15 is 0 Å². The summed E-state index contributed by atoms with van der Waals surface area (Å²) in [6.07, 6.45) is 44.3. The normalized spacial score (nSPS) is 19.5. The number of benzene rings is 14. The zero-order chi connectivity index (χ0) is 94.4. The molecule has 0 N–H and O–H groups in total. The average Bonchev–Trinajstić information content (AvgIpc) is 0.918. The Balaban J connectivity index is 0.567. The van der Waals surface area contributed by atoms with Crippen molar-refractivity contribution in [2.75, 3.05) is 32.7 Å². The molecule has 14 aromatic carbocycles. The second kappa shape index (κ2) is 34.9. The van der Waals surface area contributed by atoms with Crippen LogP contribution in [0.15, 0.2) is 374 Å². The molecule has 3 atom stereocenters. The van der Waals surface area contributed by atoms with Crippen LogP contribution in [0.2, 0.25) is 12.1 Å². The van der Waals surface area contributed by atoms with E-state index < -0.39 is 8.07 Å². The van der Waals surface area contributed by atoms with Gasteiger partial charge >= 0.3 is 0 Å². The maximum Gasteiger partial charge on any atom is 0.123 e. The lowest BCUT2D eigenvalue weighted by Gasteiger charge is -2.44. The summed E-state index contributed by atoms with van der Waals surface area (Å²) in [6.45, 7) is 27.4. The molecule has 0 saturated carbocycles. The molecule has 25 rings (SSSR count). The molecule has 7 aliphatic carbocycles. The van der Waals surface area contributed by atoms with Gasteiger partial charge in [-0.25, -0.2) is 0 Å². The largest absolute Gasteiger partial charge is 0.341 e. The van der Waals surface area contributed by atoms with E-state index in [1.807, 2.05) is 0 Å². The summed E-state index contributed by atoms with van der Waals surface area (Å²) in [6, 6.07) is 114. The highest BCUT2D eigenvalue weighted by Crippen LogP contribution is 2.64. The molecular weight excluding hydrogens is 1710 g/mol. The third-order valence-corrected chi connectivity index (χ3v) is 40.1. The first-order valence-corrected chi connectivity index (χ1v) is 55.0. The Bertz CT molecular complexity index is 7770. The maximum absolute atomic E-state index is 4.91. The molecule has 3 unspecified atom stereocenters. The fraction of sp³-hybridized carbons (Fsp3) is 0.244. The summed E-state index contributed by atoms with van der Waals surface area (Å²) < 4.78 is 0. The number of para-hydroxylation sites is 3. The van der Waals surface area contributed by atoms with Gasteiger partial charge in [-0.1, -0.05) is 333 Å². The average molecular weight is 1830 g/mol. The van der Waals surface area contributed by atoms with Crippen molar-refractivity contribution in [1.82, 2.24) is 0 Å². The van der Waals surface area contributed by atoms with Crippen molar-refractivity contribution >= 4 is 93.8 Å². The molecule has 690 valence electrons. The lowest BCUT2D eigenvalue weighted by molar-refractivity contribution is 0.536. The van der Waals surface area contributed by atoms with E-state index in [4.69, 9.17) is 6.58 Å². The van der Waals surface area contributed by atoms with E-state index in [1.165, 1.54) is 261 Å². The Morgan fingerprint density at radius 1 is 0.457 bits per heavy atom. The van der Waals surface area contributed by atoms with Crippen molar-refractivity contribution < 1.29 is 0 Å². The minimum Gasteiger partial charge on any atom is -0.341 e. The number of nitrogens with zero attached hydrogens (tertiary/aromatic N) is 4. The summed E-state index contributed by atoms with van der Waals surface area (Å²) in [4.78, 5) is 10.4. The van der Waals surface area contributed by atoms with Crippen LogP contribution in [0.1, 0.15) is 220 Å². The second-order valence-electron chi connectivity index (χ2n) is 43.0. The van der Waals surface area contributed by atoms with Crippen LogP contribution in [0.4, 0.5) is 45.5 Å². The van der Waals surface area contributed by atoms with Crippen molar-refractivity contribution in [3.8, 4) is 44.5 Å². The van der Waals surface area contributed by atoms with Gasteiger partial charge in [0.1, 0.15) is 8.07 Å². The number of allylic oxidation sites excluding steroid dienone is 12. The quantitative estimate of drug-likeness (QED) is 0.0428. The van der Waals surface area contributed by atoms with Gasteiger partial charge in [0.05, 0.1) is 0 Å². The van der Waals surface area contributed by atoms with Gasteiger partial charge in [-0.05, 0) is 391 Å². The van der Waals surface area contributed by atoms with E-state index in [9.17, 15) is 0 Å². The molecule has 0 bridgehead atoms. The fourth-order valence-corrected chi connectivity index (χ4v) is 34.0. The van der Waals surface area contributed by atoms with Gasteiger partial charge in [0.2, 0.25) is 0 Å². The number of hydrogen-bond acceptors (Lipinski definition) is 4. The minimum absolute atomic E-state index is 0.134. The first kappa shape index (κ1) is 87.6. The molecule has 0 radical (unpaired) electrons. The lowest BCUT2D eigenvalue weighted by atomic mass is 9.74. The highest BCUT2D eigenvalue weighted by molar-refractivity contribution is 7.00. The lowest BCUT2D eigenvalue weighted by Crippen LogP contribution is -2.54. The Kier molecular flexibility index (Phi) is 21.8. The fourth-order valence-electron chi connectivity index (χ4n) is 28.1. The van der Waals surface area contributed by atoms with Crippen molar-refractivity contribution in [3.63, 3.8) is 0 Å². The second-order valence-corrected chi connectivity index (χ2v) is 47.2. The van der Waals surface area contributed by atoms with Crippen LogP contribution in [-0.4, -0.2) is 21.2 Å².